The second-order valence-corrected chi connectivity index (χ2v) is 16.7. The average molecular weight is 861 g/mol. The van der Waals surface area contributed by atoms with Crippen molar-refractivity contribution in [2.24, 2.45) is 0 Å². The number of allylic oxidation sites excluding steroid dienone is 16. The number of rotatable bonds is 46. The lowest BCUT2D eigenvalue weighted by atomic mass is 10.0. The number of carbonyl (C=O) groups is 2. The molecule has 0 aromatic carbocycles. The van der Waals surface area contributed by atoms with Crippen LogP contribution < -0.4 is 0 Å². The van der Waals surface area contributed by atoms with Crippen LogP contribution in [0.15, 0.2) is 97.2 Å². The molecule has 0 aliphatic heterocycles. The summed E-state index contributed by atoms with van der Waals surface area (Å²) in [6.07, 6.45) is 69.9. The molecule has 0 aromatic heterocycles. The Labute approximate surface area is 383 Å². The number of hydrogen-bond acceptors (Lipinski definition) is 5. The molecule has 0 aromatic rings. The van der Waals surface area contributed by atoms with E-state index in [0.29, 0.717) is 19.4 Å². The van der Waals surface area contributed by atoms with Crippen LogP contribution in [0.4, 0.5) is 0 Å². The van der Waals surface area contributed by atoms with Gasteiger partial charge in [0.2, 0.25) is 0 Å². The molecule has 0 aliphatic rings. The van der Waals surface area contributed by atoms with E-state index in [1.54, 1.807) is 0 Å². The second kappa shape index (κ2) is 52.2. The zero-order chi connectivity index (χ0) is 44.9. The van der Waals surface area contributed by atoms with E-state index in [0.717, 1.165) is 109 Å². The Morgan fingerprint density at radius 2 is 0.726 bits per heavy atom. The fourth-order valence-corrected chi connectivity index (χ4v) is 6.84. The van der Waals surface area contributed by atoms with E-state index in [1.807, 2.05) is 0 Å². The molecule has 62 heavy (non-hydrogen) atoms. The molecule has 0 fully saturated rings. The Bertz CT molecular complexity index is 1200. The van der Waals surface area contributed by atoms with Gasteiger partial charge in [0.05, 0.1) is 6.61 Å². The maximum absolute atomic E-state index is 12.8. The first-order chi connectivity index (χ1) is 30.6. The molecule has 0 saturated heterocycles. The topological polar surface area (TPSA) is 61.8 Å². The predicted molar refractivity (Wildman–Crippen MR) is 270 cm³/mol. The zero-order valence-electron chi connectivity index (χ0n) is 40.6. The monoisotopic (exact) mass is 861 g/mol. The van der Waals surface area contributed by atoms with Crippen molar-refractivity contribution in [1.82, 2.24) is 0 Å². The number of carbonyl (C=O) groups excluding carboxylic acids is 2. The van der Waals surface area contributed by atoms with Gasteiger partial charge in [0, 0.05) is 19.4 Å². The largest absolute Gasteiger partial charge is 0.462 e. The zero-order valence-corrected chi connectivity index (χ0v) is 40.6. The van der Waals surface area contributed by atoms with Crippen molar-refractivity contribution in [1.29, 1.82) is 0 Å². The minimum Gasteiger partial charge on any atom is -0.462 e. The normalized spacial score (nSPS) is 13.0. The molecule has 0 saturated carbocycles. The maximum Gasteiger partial charge on any atom is 0.306 e. The van der Waals surface area contributed by atoms with E-state index in [4.69, 9.17) is 14.2 Å². The van der Waals surface area contributed by atoms with Gasteiger partial charge in [0.15, 0.2) is 6.10 Å². The molecule has 354 valence electrons. The number of hydrogen-bond donors (Lipinski definition) is 0. The summed E-state index contributed by atoms with van der Waals surface area (Å²) in [5, 5.41) is 0. The van der Waals surface area contributed by atoms with Crippen LogP contribution in [0.1, 0.15) is 226 Å². The first kappa shape index (κ1) is 58.8. The number of ether oxygens (including phenoxy) is 3. The molecular formula is C57H96O5. The Kier molecular flexibility index (Phi) is 49.5. The Morgan fingerprint density at radius 3 is 1.18 bits per heavy atom. The highest BCUT2D eigenvalue weighted by Gasteiger charge is 2.17. The van der Waals surface area contributed by atoms with Crippen molar-refractivity contribution >= 4 is 11.9 Å². The van der Waals surface area contributed by atoms with Crippen molar-refractivity contribution in [2.45, 2.75) is 232 Å². The molecule has 0 bridgehead atoms. The van der Waals surface area contributed by atoms with Gasteiger partial charge >= 0.3 is 11.9 Å². The fraction of sp³-hybridized carbons (Fsp3) is 0.684. The molecule has 0 rings (SSSR count). The Morgan fingerprint density at radius 1 is 0.371 bits per heavy atom. The van der Waals surface area contributed by atoms with Crippen molar-refractivity contribution in [3.05, 3.63) is 97.2 Å². The number of unbranched alkanes of at least 4 members (excludes halogenated alkanes) is 19. The van der Waals surface area contributed by atoms with E-state index < -0.39 is 6.10 Å². The van der Waals surface area contributed by atoms with Gasteiger partial charge < -0.3 is 14.2 Å². The minimum absolute atomic E-state index is 0.0477. The van der Waals surface area contributed by atoms with E-state index in [-0.39, 0.29) is 25.2 Å². The van der Waals surface area contributed by atoms with Crippen LogP contribution >= 0.6 is 0 Å². The van der Waals surface area contributed by atoms with Gasteiger partial charge in [-0.15, -0.1) is 0 Å². The van der Waals surface area contributed by atoms with E-state index in [9.17, 15) is 9.59 Å². The lowest BCUT2D eigenvalue weighted by Crippen LogP contribution is -2.30. The van der Waals surface area contributed by atoms with Crippen molar-refractivity contribution in [2.75, 3.05) is 19.8 Å². The summed E-state index contributed by atoms with van der Waals surface area (Å²) >= 11 is 0. The van der Waals surface area contributed by atoms with Crippen LogP contribution in [0, 0.1) is 0 Å². The SMILES string of the molecule is CC/C=C\C/C=C\C/C=C\C/C=C\CCCCCOCC(COC(=O)CCCC/C=C\C/C=C\C/C=C\C/C=C\CC)OC(=O)CCCCCCCCCCCCCCCCC. The van der Waals surface area contributed by atoms with Crippen LogP contribution in [-0.4, -0.2) is 37.9 Å². The van der Waals surface area contributed by atoms with Gasteiger partial charge in [0.1, 0.15) is 6.61 Å². The van der Waals surface area contributed by atoms with Crippen LogP contribution in [0.2, 0.25) is 0 Å². The third-order valence-electron chi connectivity index (χ3n) is 10.6. The summed E-state index contributed by atoms with van der Waals surface area (Å²) in [7, 11) is 0. The van der Waals surface area contributed by atoms with Gasteiger partial charge in [-0.3, -0.25) is 9.59 Å². The highest BCUT2D eigenvalue weighted by Crippen LogP contribution is 2.15. The fourth-order valence-electron chi connectivity index (χ4n) is 6.84. The van der Waals surface area contributed by atoms with Crippen LogP contribution in [0.25, 0.3) is 0 Å². The van der Waals surface area contributed by atoms with Crippen molar-refractivity contribution in [3.8, 4) is 0 Å². The highest BCUT2D eigenvalue weighted by molar-refractivity contribution is 5.70. The quantitative estimate of drug-likeness (QED) is 0.0347. The van der Waals surface area contributed by atoms with Gasteiger partial charge in [-0.2, -0.15) is 0 Å². The summed E-state index contributed by atoms with van der Waals surface area (Å²) < 4.78 is 17.3. The lowest BCUT2D eigenvalue weighted by molar-refractivity contribution is -0.163. The third-order valence-corrected chi connectivity index (χ3v) is 10.6. The predicted octanol–water partition coefficient (Wildman–Crippen LogP) is 17.5. The molecule has 1 atom stereocenters. The van der Waals surface area contributed by atoms with Crippen LogP contribution in [-0.2, 0) is 23.8 Å². The molecule has 0 spiro atoms. The molecular weight excluding hydrogens is 765 g/mol. The molecule has 5 heteroatoms. The highest BCUT2D eigenvalue weighted by atomic mass is 16.6. The Balaban J connectivity index is 4.40. The molecule has 0 aliphatic carbocycles. The summed E-state index contributed by atoms with van der Waals surface area (Å²) in [5.74, 6) is -0.463. The summed E-state index contributed by atoms with van der Waals surface area (Å²) in [4.78, 5) is 25.4. The molecule has 5 nitrogen and oxygen atoms in total. The lowest BCUT2D eigenvalue weighted by Gasteiger charge is -2.18. The summed E-state index contributed by atoms with van der Waals surface area (Å²) in [5.41, 5.74) is 0. The smallest absolute Gasteiger partial charge is 0.306 e. The Hall–Kier alpha value is -3.18. The van der Waals surface area contributed by atoms with Gasteiger partial charge in [-0.25, -0.2) is 0 Å². The second-order valence-electron chi connectivity index (χ2n) is 16.7. The van der Waals surface area contributed by atoms with Gasteiger partial charge in [0.25, 0.3) is 0 Å². The van der Waals surface area contributed by atoms with E-state index in [2.05, 4.69) is 118 Å². The van der Waals surface area contributed by atoms with Crippen LogP contribution in [0.5, 0.6) is 0 Å². The third kappa shape index (κ3) is 49.5. The molecule has 0 N–H and O–H groups in total. The minimum atomic E-state index is -0.573. The first-order valence-corrected chi connectivity index (χ1v) is 25.8. The number of esters is 2. The molecule has 0 amide bonds. The molecule has 1 unspecified atom stereocenters. The van der Waals surface area contributed by atoms with Crippen molar-refractivity contribution < 1.29 is 23.8 Å². The standard InChI is InChI=1S/C57H96O5/c1-4-7-10-13-16-19-22-25-28-31-34-37-40-43-46-49-52-60-53-55(62-57(59)51-48-45-42-39-36-33-30-27-24-21-18-15-12-9-6-3)54-61-56(58)50-47-44-41-38-35-32-29-26-23-20-17-14-11-8-5-2/h7-8,10-11,16-17,19-20,25-26,28-29,34-35,37-38,55H,4-6,9,12-15,18,21-24,27,30-33,36,39-54H2,1-3H3/b10-7-,11-8-,19-16-,20-17-,28-25-,29-26-,37-34-,38-35-. The first-order valence-electron chi connectivity index (χ1n) is 25.8. The molecule has 0 radical (unpaired) electrons. The summed E-state index contributed by atoms with van der Waals surface area (Å²) in [6.45, 7) is 7.49. The maximum atomic E-state index is 12.8. The van der Waals surface area contributed by atoms with E-state index >= 15 is 0 Å². The average Bonchev–Trinajstić information content (AvgIpc) is 3.27. The van der Waals surface area contributed by atoms with Gasteiger partial charge in [-0.05, 0) is 96.3 Å². The molecule has 0 heterocycles. The van der Waals surface area contributed by atoms with Gasteiger partial charge in [-0.1, -0.05) is 214 Å². The van der Waals surface area contributed by atoms with Crippen molar-refractivity contribution in [3.63, 3.8) is 0 Å². The summed E-state index contributed by atoms with van der Waals surface area (Å²) in [6, 6.07) is 0. The van der Waals surface area contributed by atoms with Crippen LogP contribution in [0.3, 0.4) is 0 Å². The van der Waals surface area contributed by atoms with E-state index in [1.165, 1.54) is 83.5 Å².